The predicted octanol–water partition coefficient (Wildman–Crippen LogP) is 2.36. The Kier molecular flexibility index (Phi) is 6.81. The second-order valence-corrected chi connectivity index (χ2v) is 6.76. The third-order valence-corrected chi connectivity index (χ3v) is 4.37. The summed E-state index contributed by atoms with van der Waals surface area (Å²) in [6.07, 6.45) is 0.802. The number of hydrogen-bond donors (Lipinski definition) is 1. The van der Waals surface area contributed by atoms with Gasteiger partial charge in [-0.3, -0.25) is 9.80 Å². The summed E-state index contributed by atoms with van der Waals surface area (Å²) in [5.41, 5.74) is 1.06. The van der Waals surface area contributed by atoms with Gasteiger partial charge in [0.05, 0.1) is 7.11 Å². The van der Waals surface area contributed by atoms with Crippen molar-refractivity contribution in [2.75, 3.05) is 39.9 Å². The lowest BCUT2D eigenvalue weighted by Crippen LogP contribution is -2.53. The first-order chi connectivity index (χ1) is 11.0. The number of halogens is 1. The van der Waals surface area contributed by atoms with E-state index < -0.39 is 0 Å². The molecule has 130 valence electrons. The summed E-state index contributed by atoms with van der Waals surface area (Å²) in [6.45, 7) is 9.48. The van der Waals surface area contributed by atoms with Crippen LogP contribution in [0.25, 0.3) is 0 Å². The van der Waals surface area contributed by atoms with Crippen LogP contribution in [0.5, 0.6) is 5.75 Å². The number of ether oxygens (including phenoxy) is 1. The zero-order chi connectivity index (χ0) is 16.8. The van der Waals surface area contributed by atoms with E-state index in [1.807, 2.05) is 6.07 Å². The Morgan fingerprint density at radius 3 is 2.78 bits per heavy atom. The number of aliphatic hydroxyl groups excluding tert-OH is 1. The van der Waals surface area contributed by atoms with Gasteiger partial charge in [0.1, 0.15) is 0 Å². The summed E-state index contributed by atoms with van der Waals surface area (Å²) in [7, 11) is 1.49. The molecular formula is C18H29FN2O2. The highest BCUT2D eigenvalue weighted by atomic mass is 19.1. The molecule has 1 heterocycles. The maximum absolute atomic E-state index is 13.5. The maximum atomic E-state index is 13.5. The van der Waals surface area contributed by atoms with E-state index >= 15 is 0 Å². The molecule has 0 aromatic heterocycles. The summed E-state index contributed by atoms with van der Waals surface area (Å²) in [6, 6.07) is 5.45. The normalized spacial score (nSPS) is 20.2. The fourth-order valence-corrected chi connectivity index (χ4v) is 3.29. The van der Waals surface area contributed by atoms with E-state index in [-0.39, 0.29) is 12.4 Å². The molecule has 2 rings (SSSR count). The van der Waals surface area contributed by atoms with Gasteiger partial charge >= 0.3 is 0 Å². The molecule has 1 aliphatic heterocycles. The van der Waals surface area contributed by atoms with Gasteiger partial charge in [-0.2, -0.15) is 0 Å². The van der Waals surface area contributed by atoms with Crippen molar-refractivity contribution < 1.29 is 14.2 Å². The molecule has 0 unspecified atom stereocenters. The average Bonchev–Trinajstić information content (AvgIpc) is 2.51. The van der Waals surface area contributed by atoms with E-state index in [0.717, 1.165) is 44.7 Å². The summed E-state index contributed by atoms with van der Waals surface area (Å²) < 4.78 is 18.6. The summed E-state index contributed by atoms with van der Waals surface area (Å²) >= 11 is 0. The highest BCUT2D eigenvalue weighted by molar-refractivity contribution is 5.30. The fraction of sp³-hybridized carbons (Fsp3) is 0.667. The molecule has 1 aromatic carbocycles. The van der Waals surface area contributed by atoms with Crippen molar-refractivity contribution in [2.24, 2.45) is 5.92 Å². The minimum absolute atomic E-state index is 0.220. The Hall–Kier alpha value is -1.17. The topological polar surface area (TPSA) is 35.9 Å². The molecule has 4 nitrogen and oxygen atoms in total. The van der Waals surface area contributed by atoms with E-state index in [1.54, 1.807) is 6.07 Å². The zero-order valence-electron chi connectivity index (χ0n) is 14.5. The van der Waals surface area contributed by atoms with Crippen LogP contribution in [0.2, 0.25) is 0 Å². The quantitative estimate of drug-likeness (QED) is 0.835. The Bertz CT molecular complexity index is 496. The number of benzene rings is 1. The van der Waals surface area contributed by atoms with Gasteiger partial charge in [-0.25, -0.2) is 4.39 Å². The van der Waals surface area contributed by atoms with Gasteiger partial charge in [0.2, 0.25) is 0 Å². The lowest BCUT2D eigenvalue weighted by Gasteiger charge is -2.42. The van der Waals surface area contributed by atoms with Crippen LogP contribution in [-0.4, -0.2) is 60.8 Å². The van der Waals surface area contributed by atoms with Crippen LogP contribution in [0.3, 0.4) is 0 Å². The minimum atomic E-state index is -0.323. The molecule has 0 radical (unpaired) electrons. The number of hydrogen-bond acceptors (Lipinski definition) is 4. The average molecular weight is 324 g/mol. The van der Waals surface area contributed by atoms with Crippen LogP contribution in [0, 0.1) is 11.7 Å². The molecule has 0 amide bonds. The molecule has 1 saturated heterocycles. The van der Waals surface area contributed by atoms with Gasteiger partial charge in [-0.1, -0.05) is 19.9 Å². The standard InChI is InChI=1S/C18H29FN2O2/c1-14(2)11-21-8-7-20(13-16(21)6-9-22)12-15-4-5-17(19)18(10-15)23-3/h4-5,10,14,16,22H,6-9,11-13H2,1-3H3/t16-/m0/s1. The Balaban J connectivity index is 1.99. The smallest absolute Gasteiger partial charge is 0.165 e. The highest BCUT2D eigenvalue weighted by Crippen LogP contribution is 2.21. The van der Waals surface area contributed by atoms with E-state index in [0.29, 0.717) is 17.7 Å². The number of methoxy groups -OCH3 is 1. The fourth-order valence-electron chi connectivity index (χ4n) is 3.29. The van der Waals surface area contributed by atoms with Crippen molar-refractivity contribution in [3.63, 3.8) is 0 Å². The third-order valence-electron chi connectivity index (χ3n) is 4.37. The lowest BCUT2D eigenvalue weighted by atomic mass is 10.1. The molecule has 1 atom stereocenters. The Labute approximate surface area is 138 Å². The number of aliphatic hydroxyl groups is 1. The van der Waals surface area contributed by atoms with Crippen LogP contribution < -0.4 is 4.74 Å². The number of nitrogens with zero attached hydrogens (tertiary/aromatic N) is 2. The van der Waals surface area contributed by atoms with Gasteiger partial charge < -0.3 is 9.84 Å². The second-order valence-electron chi connectivity index (χ2n) is 6.76. The summed E-state index contributed by atoms with van der Waals surface area (Å²) in [4.78, 5) is 4.87. The molecule has 1 fully saturated rings. The maximum Gasteiger partial charge on any atom is 0.165 e. The number of piperazine rings is 1. The van der Waals surface area contributed by atoms with E-state index in [1.165, 1.54) is 13.2 Å². The molecule has 1 aliphatic rings. The predicted molar refractivity (Wildman–Crippen MR) is 90.1 cm³/mol. The van der Waals surface area contributed by atoms with Gasteiger partial charge in [0.15, 0.2) is 11.6 Å². The van der Waals surface area contributed by atoms with Gasteiger partial charge in [-0.05, 0) is 30.0 Å². The molecule has 0 spiro atoms. The van der Waals surface area contributed by atoms with Gasteiger partial charge in [0.25, 0.3) is 0 Å². The van der Waals surface area contributed by atoms with Crippen molar-refractivity contribution in [1.29, 1.82) is 0 Å². The SMILES string of the molecule is COc1cc(CN2CCN(CC(C)C)[C@@H](CCO)C2)ccc1F. The number of rotatable bonds is 7. The van der Waals surface area contributed by atoms with Crippen molar-refractivity contribution in [2.45, 2.75) is 32.9 Å². The second kappa shape index (κ2) is 8.62. The van der Waals surface area contributed by atoms with Crippen molar-refractivity contribution in [3.8, 4) is 5.75 Å². The van der Waals surface area contributed by atoms with Crippen LogP contribution in [0.4, 0.5) is 4.39 Å². The van der Waals surface area contributed by atoms with Crippen LogP contribution in [0.1, 0.15) is 25.8 Å². The monoisotopic (exact) mass is 324 g/mol. The lowest BCUT2D eigenvalue weighted by molar-refractivity contribution is 0.0476. The third kappa shape index (κ3) is 5.16. The first-order valence-electron chi connectivity index (χ1n) is 8.43. The van der Waals surface area contributed by atoms with Crippen molar-refractivity contribution in [3.05, 3.63) is 29.6 Å². The van der Waals surface area contributed by atoms with Crippen LogP contribution >= 0.6 is 0 Å². The first kappa shape index (κ1) is 18.2. The molecule has 1 aromatic rings. The largest absolute Gasteiger partial charge is 0.494 e. The molecule has 0 aliphatic carbocycles. The molecular weight excluding hydrogens is 295 g/mol. The van der Waals surface area contributed by atoms with Gasteiger partial charge in [0, 0.05) is 45.4 Å². The first-order valence-corrected chi connectivity index (χ1v) is 8.43. The van der Waals surface area contributed by atoms with Crippen LogP contribution in [-0.2, 0) is 6.54 Å². The summed E-state index contributed by atoms with van der Waals surface area (Å²) in [5, 5.41) is 9.34. The van der Waals surface area contributed by atoms with Gasteiger partial charge in [-0.15, -0.1) is 0 Å². The highest BCUT2D eigenvalue weighted by Gasteiger charge is 2.27. The minimum Gasteiger partial charge on any atom is -0.494 e. The Morgan fingerprint density at radius 1 is 1.35 bits per heavy atom. The summed E-state index contributed by atoms with van der Waals surface area (Å²) in [5.74, 6) is 0.605. The Morgan fingerprint density at radius 2 is 2.13 bits per heavy atom. The van der Waals surface area contributed by atoms with Crippen molar-refractivity contribution in [1.82, 2.24) is 9.80 Å². The van der Waals surface area contributed by atoms with E-state index in [4.69, 9.17) is 4.74 Å². The molecule has 0 bridgehead atoms. The molecule has 0 saturated carbocycles. The van der Waals surface area contributed by atoms with Crippen LogP contribution in [0.15, 0.2) is 18.2 Å². The molecule has 23 heavy (non-hydrogen) atoms. The molecule has 5 heteroatoms. The van der Waals surface area contributed by atoms with E-state index in [2.05, 4.69) is 23.6 Å². The zero-order valence-corrected chi connectivity index (χ0v) is 14.5. The molecule has 1 N–H and O–H groups in total. The van der Waals surface area contributed by atoms with Crippen molar-refractivity contribution >= 4 is 0 Å². The van der Waals surface area contributed by atoms with E-state index in [9.17, 15) is 9.50 Å².